The number of benzene rings is 1. The third-order valence-corrected chi connectivity index (χ3v) is 15.6. The average Bonchev–Trinajstić information content (AvgIpc) is 3.35. The first-order chi connectivity index (χ1) is 20.9. The summed E-state index contributed by atoms with van der Waals surface area (Å²) in [6.45, 7) is 15.6. The molecule has 2 spiro atoms. The van der Waals surface area contributed by atoms with E-state index in [1.54, 1.807) is 0 Å². The van der Waals surface area contributed by atoms with Crippen LogP contribution >= 0.6 is 0 Å². The monoisotopic (exact) mass is 621 g/mol. The maximum Gasteiger partial charge on any atom is 0.323 e. The molecule has 1 saturated heterocycles. The Morgan fingerprint density at radius 2 is 1.62 bits per heavy atom. The van der Waals surface area contributed by atoms with Crippen LogP contribution in [0.3, 0.4) is 0 Å². The van der Waals surface area contributed by atoms with Crippen LogP contribution in [0.15, 0.2) is 30.3 Å². The molecule has 5 saturated carbocycles. The molecule has 0 radical (unpaired) electrons. The van der Waals surface area contributed by atoms with Crippen LogP contribution in [-0.2, 0) is 20.7 Å². The van der Waals surface area contributed by atoms with Gasteiger partial charge in [0.05, 0.1) is 23.4 Å². The largest absolute Gasteiger partial charge is 0.461 e. The van der Waals surface area contributed by atoms with Gasteiger partial charge < -0.3 is 25.4 Å². The molecule has 12 unspecified atom stereocenters. The Bertz CT molecular complexity index is 1320. The summed E-state index contributed by atoms with van der Waals surface area (Å²) in [6, 6.07) is 9.32. The number of esters is 1. The SMILES string of the molecule is CC(C)(O)C1CCC(C)(C2C(O)CC3(C)C4CCC5C(C)(C)C(OC(=O)C(N)Cc6ccccc6)CCC56CC46CCC23C)O1. The summed E-state index contributed by atoms with van der Waals surface area (Å²) in [6.07, 6.45) is 10.4. The summed E-state index contributed by atoms with van der Waals surface area (Å²) < 4.78 is 13.0. The van der Waals surface area contributed by atoms with E-state index in [0.717, 1.165) is 50.5 Å². The standard InChI is InChI=1S/C39H59NO5/c1-33(2)27-13-14-28-36(6)22-26(41)31(37(7)17-15-30(45-37)34(3,4)43)35(36,5)19-20-39(28)23-38(27,39)18-16-29(33)44-32(42)25(40)21-24-11-9-8-10-12-24/h8-12,25-31,41,43H,13-23,40H2,1-7H3. The van der Waals surface area contributed by atoms with Crippen molar-refractivity contribution in [3.63, 3.8) is 0 Å². The first-order valence-electron chi connectivity index (χ1n) is 18.0. The van der Waals surface area contributed by atoms with Gasteiger partial charge in [-0.25, -0.2) is 0 Å². The first kappa shape index (κ1) is 32.1. The van der Waals surface area contributed by atoms with E-state index in [1.807, 2.05) is 44.2 Å². The second-order valence-electron chi connectivity index (χ2n) is 18.4. The maximum absolute atomic E-state index is 13.3. The predicted molar refractivity (Wildman–Crippen MR) is 175 cm³/mol. The lowest BCUT2D eigenvalue weighted by molar-refractivity contribution is -0.200. The van der Waals surface area contributed by atoms with Crippen LogP contribution in [0.2, 0.25) is 0 Å². The summed E-state index contributed by atoms with van der Waals surface area (Å²) in [5.74, 6) is 0.910. The fraction of sp³-hybridized carbons (Fsp3) is 0.821. The Hall–Kier alpha value is -1.47. The van der Waals surface area contributed by atoms with Crippen molar-refractivity contribution in [2.75, 3.05) is 0 Å². The van der Waals surface area contributed by atoms with Crippen LogP contribution in [0.5, 0.6) is 0 Å². The molecule has 0 bridgehead atoms. The van der Waals surface area contributed by atoms with E-state index in [2.05, 4.69) is 34.6 Å². The number of carbonyl (C=O) groups excluding carboxylic acids is 1. The summed E-state index contributed by atoms with van der Waals surface area (Å²) in [5.41, 5.74) is 6.68. The van der Waals surface area contributed by atoms with Crippen molar-refractivity contribution in [1.82, 2.24) is 0 Å². The van der Waals surface area contributed by atoms with Crippen molar-refractivity contribution in [3.8, 4) is 0 Å². The second kappa shape index (κ2) is 10.0. The van der Waals surface area contributed by atoms with Gasteiger partial charge in [0.25, 0.3) is 0 Å². The topological polar surface area (TPSA) is 102 Å². The lowest BCUT2D eigenvalue weighted by atomic mass is 9.41. The summed E-state index contributed by atoms with van der Waals surface area (Å²) in [4.78, 5) is 13.3. The Labute approximate surface area is 271 Å². The molecule has 12 atom stereocenters. The van der Waals surface area contributed by atoms with E-state index < -0.39 is 17.2 Å². The van der Waals surface area contributed by atoms with E-state index in [-0.39, 0.29) is 46.4 Å². The molecule has 6 aliphatic rings. The molecule has 6 heteroatoms. The van der Waals surface area contributed by atoms with Gasteiger partial charge in [-0.3, -0.25) is 4.79 Å². The average molecular weight is 622 g/mol. The zero-order valence-corrected chi connectivity index (χ0v) is 28.9. The lowest BCUT2D eigenvalue weighted by Crippen LogP contribution is -2.59. The normalized spacial score (nSPS) is 48.8. The third kappa shape index (κ3) is 4.36. The van der Waals surface area contributed by atoms with Gasteiger partial charge in [-0.05, 0) is 130 Å². The van der Waals surface area contributed by atoms with Crippen LogP contribution in [0.1, 0.15) is 118 Å². The fourth-order valence-corrected chi connectivity index (χ4v) is 13.5. The number of fused-ring (bicyclic) bond motifs is 2. The van der Waals surface area contributed by atoms with Crippen LogP contribution in [0, 0.1) is 44.8 Å². The number of aliphatic hydroxyl groups is 2. The number of nitrogens with two attached hydrogens (primary N) is 1. The number of carbonyl (C=O) groups is 1. The van der Waals surface area contributed by atoms with Crippen LogP contribution in [0.25, 0.3) is 0 Å². The number of hydrogen-bond acceptors (Lipinski definition) is 6. The highest BCUT2D eigenvalue weighted by atomic mass is 16.5. The van der Waals surface area contributed by atoms with Gasteiger partial charge in [0.15, 0.2) is 0 Å². The smallest absolute Gasteiger partial charge is 0.323 e. The zero-order valence-electron chi connectivity index (χ0n) is 28.9. The van der Waals surface area contributed by atoms with Gasteiger partial charge in [0, 0.05) is 11.3 Å². The maximum atomic E-state index is 13.3. The van der Waals surface area contributed by atoms with Gasteiger partial charge in [0.2, 0.25) is 0 Å². The summed E-state index contributed by atoms with van der Waals surface area (Å²) >= 11 is 0. The highest BCUT2D eigenvalue weighted by Gasteiger charge is 2.83. The first-order valence-corrected chi connectivity index (χ1v) is 18.0. The fourth-order valence-electron chi connectivity index (χ4n) is 13.5. The number of ether oxygens (including phenoxy) is 2. The Morgan fingerprint density at radius 3 is 2.29 bits per heavy atom. The van der Waals surface area contributed by atoms with E-state index in [4.69, 9.17) is 15.2 Å². The highest BCUT2D eigenvalue weighted by molar-refractivity contribution is 5.76. The van der Waals surface area contributed by atoms with E-state index in [0.29, 0.717) is 29.1 Å². The quantitative estimate of drug-likeness (QED) is 0.310. The Kier molecular flexibility index (Phi) is 7.15. The summed E-state index contributed by atoms with van der Waals surface area (Å²) in [7, 11) is 0. The molecule has 0 aromatic heterocycles. The van der Waals surface area contributed by atoms with Crippen molar-refractivity contribution in [3.05, 3.63) is 35.9 Å². The number of hydrogen-bond donors (Lipinski definition) is 3. The number of rotatable bonds is 6. The lowest BCUT2D eigenvalue weighted by Gasteiger charge is -2.63. The minimum atomic E-state index is -0.881. The van der Waals surface area contributed by atoms with Crippen molar-refractivity contribution < 1.29 is 24.5 Å². The zero-order chi connectivity index (χ0) is 32.4. The van der Waals surface area contributed by atoms with Crippen molar-refractivity contribution >= 4 is 5.97 Å². The van der Waals surface area contributed by atoms with Gasteiger partial charge in [-0.15, -0.1) is 0 Å². The molecule has 6 nitrogen and oxygen atoms in total. The van der Waals surface area contributed by atoms with Crippen molar-refractivity contribution in [2.24, 2.45) is 50.6 Å². The highest BCUT2D eigenvalue weighted by Crippen LogP contribution is 2.89. The number of aliphatic hydroxyl groups excluding tert-OH is 1. The Balaban J connectivity index is 1.10. The molecule has 4 N–H and O–H groups in total. The summed E-state index contributed by atoms with van der Waals surface area (Å²) in [5, 5.41) is 22.7. The molecule has 1 aromatic rings. The molecule has 1 aromatic carbocycles. The van der Waals surface area contributed by atoms with Gasteiger partial charge >= 0.3 is 5.97 Å². The molecular formula is C39H59NO5. The molecule has 0 amide bonds. The second-order valence-corrected chi connectivity index (χ2v) is 18.4. The minimum absolute atomic E-state index is 0.0146. The molecule has 1 aliphatic heterocycles. The van der Waals surface area contributed by atoms with Crippen LogP contribution in [0.4, 0.5) is 0 Å². The van der Waals surface area contributed by atoms with Gasteiger partial charge in [-0.2, -0.15) is 0 Å². The predicted octanol–water partition coefficient (Wildman–Crippen LogP) is 6.59. The molecule has 250 valence electrons. The van der Waals surface area contributed by atoms with Crippen molar-refractivity contribution in [2.45, 2.75) is 155 Å². The van der Waals surface area contributed by atoms with E-state index in [9.17, 15) is 15.0 Å². The van der Waals surface area contributed by atoms with Gasteiger partial charge in [0.1, 0.15) is 12.1 Å². The van der Waals surface area contributed by atoms with Crippen LogP contribution < -0.4 is 5.73 Å². The van der Waals surface area contributed by atoms with Gasteiger partial charge in [-0.1, -0.05) is 58.0 Å². The van der Waals surface area contributed by atoms with Crippen LogP contribution in [-0.4, -0.2) is 51.7 Å². The molecule has 5 aliphatic carbocycles. The molecule has 6 fully saturated rings. The molecular weight excluding hydrogens is 562 g/mol. The Morgan fingerprint density at radius 1 is 0.956 bits per heavy atom. The third-order valence-electron chi connectivity index (χ3n) is 15.6. The molecule has 1 heterocycles. The van der Waals surface area contributed by atoms with E-state index in [1.165, 1.54) is 19.3 Å². The van der Waals surface area contributed by atoms with Crippen molar-refractivity contribution in [1.29, 1.82) is 0 Å². The molecule has 45 heavy (non-hydrogen) atoms. The minimum Gasteiger partial charge on any atom is -0.461 e. The molecule has 7 rings (SSSR count). The van der Waals surface area contributed by atoms with E-state index >= 15 is 0 Å².